The minimum Gasteiger partial charge on any atom is -0.493 e. The highest BCUT2D eigenvalue weighted by molar-refractivity contribution is 5.91. The Morgan fingerprint density at radius 2 is 1.52 bits per heavy atom. The number of benzene rings is 2. The van der Waals surface area contributed by atoms with Gasteiger partial charge in [0.15, 0.2) is 0 Å². The van der Waals surface area contributed by atoms with Gasteiger partial charge in [-0.1, -0.05) is 46.0 Å². The predicted octanol–water partition coefficient (Wildman–Crippen LogP) is 8.91. The molecule has 2 fully saturated rings. The minimum atomic E-state index is -1.46. The molecule has 0 bridgehead atoms. The molecule has 2 aliphatic rings. The van der Waals surface area contributed by atoms with Gasteiger partial charge in [-0.15, -0.1) is 0 Å². The topological polar surface area (TPSA) is 59.3 Å². The van der Waals surface area contributed by atoms with Crippen molar-refractivity contribution in [2.75, 3.05) is 6.61 Å². The van der Waals surface area contributed by atoms with Crippen LogP contribution in [0.25, 0.3) is 0 Å². The summed E-state index contributed by atoms with van der Waals surface area (Å²) < 4.78 is 67.6. The summed E-state index contributed by atoms with van der Waals surface area (Å²) in [4.78, 5) is 12.4. The zero-order valence-electron chi connectivity index (χ0n) is 23.2. The monoisotopic (exact) mass is 559 g/mol. The zero-order valence-corrected chi connectivity index (χ0v) is 23.2. The lowest BCUT2D eigenvalue weighted by Gasteiger charge is -2.50. The molecule has 0 N–H and O–H groups in total. The molecule has 2 aliphatic carbocycles. The molecular weight excluding hydrogens is 522 g/mol. The van der Waals surface area contributed by atoms with Gasteiger partial charge in [0.25, 0.3) is 0 Å². The van der Waals surface area contributed by atoms with Gasteiger partial charge in [0.05, 0.1) is 6.61 Å². The van der Waals surface area contributed by atoms with Crippen molar-refractivity contribution in [3.63, 3.8) is 0 Å². The maximum absolute atomic E-state index is 14.7. The quantitative estimate of drug-likeness (QED) is 0.175. The van der Waals surface area contributed by atoms with Crippen molar-refractivity contribution in [2.24, 2.45) is 23.2 Å². The molecule has 0 radical (unpaired) electrons. The van der Waals surface area contributed by atoms with Gasteiger partial charge in [0.2, 0.25) is 0 Å². The molecule has 4 rings (SSSR count). The van der Waals surface area contributed by atoms with Crippen LogP contribution >= 0.6 is 0 Å². The SMILES string of the molecule is CCCC(C)C1([C@H]2CC[C@H](COc3cc(F)c(C(=O)Oc4cc(F)c(C#N)c(F)c4)c(F)c3)CC2)CCCCC1. The molecule has 1 unspecified atom stereocenters. The molecular formula is C32H37F4NO3. The maximum Gasteiger partial charge on any atom is 0.349 e. The standard InChI is InChI=1S/C32H37F4NO3/c1-3-7-20(2)32(12-5-4-6-13-32)22-10-8-21(9-11-22)19-39-23-14-28(35)30(29(36)15-23)31(38)40-24-16-26(33)25(18-37)27(34)17-24/h14-17,20-22H,3-13,19H2,1-2H3/t20?,21-,22-. The van der Waals surface area contributed by atoms with E-state index >= 15 is 0 Å². The highest BCUT2D eigenvalue weighted by atomic mass is 19.1. The van der Waals surface area contributed by atoms with Gasteiger partial charge in [0, 0.05) is 24.3 Å². The Kier molecular flexibility index (Phi) is 9.76. The molecule has 0 amide bonds. The lowest BCUT2D eigenvalue weighted by molar-refractivity contribution is -0.00391. The van der Waals surface area contributed by atoms with Crippen LogP contribution < -0.4 is 9.47 Å². The number of halogens is 4. The van der Waals surface area contributed by atoms with Crippen molar-refractivity contribution in [3.05, 3.63) is 58.7 Å². The molecule has 2 aromatic rings. The Hall–Kier alpha value is -3.08. The normalized spacial score (nSPS) is 21.3. The smallest absolute Gasteiger partial charge is 0.349 e. The third-order valence-electron chi connectivity index (χ3n) is 9.19. The van der Waals surface area contributed by atoms with Gasteiger partial charge >= 0.3 is 5.97 Å². The van der Waals surface area contributed by atoms with Crippen molar-refractivity contribution < 1.29 is 31.8 Å². The molecule has 2 saturated carbocycles. The summed E-state index contributed by atoms with van der Waals surface area (Å²) in [7, 11) is 0. The average molecular weight is 560 g/mol. The molecule has 0 saturated heterocycles. The van der Waals surface area contributed by atoms with Crippen LogP contribution in [-0.2, 0) is 0 Å². The first-order valence-corrected chi connectivity index (χ1v) is 14.4. The van der Waals surface area contributed by atoms with E-state index in [1.54, 1.807) is 0 Å². The van der Waals surface area contributed by atoms with Gasteiger partial charge in [-0.3, -0.25) is 0 Å². The second-order valence-corrected chi connectivity index (χ2v) is 11.5. The summed E-state index contributed by atoms with van der Waals surface area (Å²) in [6.07, 6.45) is 13.4. The number of carbonyl (C=O) groups is 1. The summed E-state index contributed by atoms with van der Waals surface area (Å²) in [5, 5.41) is 8.74. The predicted molar refractivity (Wildman–Crippen MR) is 143 cm³/mol. The van der Waals surface area contributed by atoms with Crippen LogP contribution in [0.15, 0.2) is 24.3 Å². The molecule has 40 heavy (non-hydrogen) atoms. The summed E-state index contributed by atoms with van der Waals surface area (Å²) in [6.45, 7) is 5.03. The fourth-order valence-electron chi connectivity index (χ4n) is 7.05. The molecule has 1 atom stereocenters. The first-order valence-electron chi connectivity index (χ1n) is 14.4. The maximum atomic E-state index is 14.7. The average Bonchev–Trinajstić information content (AvgIpc) is 2.92. The highest BCUT2D eigenvalue weighted by Gasteiger charge is 2.44. The Bertz CT molecular complexity index is 1200. The lowest BCUT2D eigenvalue weighted by atomic mass is 9.55. The Balaban J connectivity index is 1.35. The van der Waals surface area contributed by atoms with Gasteiger partial charge in [0.1, 0.15) is 52.0 Å². The van der Waals surface area contributed by atoms with Crippen LogP contribution in [0.4, 0.5) is 17.6 Å². The number of hydrogen-bond donors (Lipinski definition) is 0. The van der Waals surface area contributed by atoms with E-state index in [2.05, 4.69) is 13.8 Å². The van der Waals surface area contributed by atoms with Gasteiger partial charge in [-0.2, -0.15) is 5.26 Å². The first kappa shape index (κ1) is 29.9. The fourth-order valence-corrected chi connectivity index (χ4v) is 7.05. The third kappa shape index (κ3) is 6.45. The second-order valence-electron chi connectivity index (χ2n) is 11.5. The molecule has 2 aromatic carbocycles. The van der Waals surface area contributed by atoms with Crippen molar-refractivity contribution in [3.8, 4) is 17.6 Å². The van der Waals surface area contributed by atoms with E-state index in [-0.39, 0.29) is 11.7 Å². The Morgan fingerprint density at radius 1 is 0.950 bits per heavy atom. The Labute approximate surface area is 233 Å². The van der Waals surface area contributed by atoms with Gasteiger partial charge in [-0.05, 0) is 61.7 Å². The van der Waals surface area contributed by atoms with Crippen LogP contribution in [0.5, 0.6) is 11.5 Å². The third-order valence-corrected chi connectivity index (χ3v) is 9.19. The minimum absolute atomic E-state index is 0.0375. The number of hydrogen-bond acceptors (Lipinski definition) is 4. The number of nitriles is 1. The number of nitrogens with zero attached hydrogens (tertiary/aromatic N) is 1. The number of rotatable bonds is 9. The van der Waals surface area contributed by atoms with E-state index in [0.29, 0.717) is 30.1 Å². The molecule has 8 heteroatoms. The van der Waals surface area contributed by atoms with Gasteiger partial charge < -0.3 is 9.47 Å². The fraction of sp³-hybridized carbons (Fsp3) is 0.562. The van der Waals surface area contributed by atoms with E-state index < -0.39 is 46.1 Å². The molecule has 0 aromatic heterocycles. The molecule has 216 valence electrons. The summed E-state index contributed by atoms with van der Waals surface area (Å²) in [5.41, 5.74) is -1.42. The molecule has 4 nitrogen and oxygen atoms in total. The first-order chi connectivity index (χ1) is 19.2. The summed E-state index contributed by atoms with van der Waals surface area (Å²) in [5.74, 6) is -5.32. The van der Waals surface area contributed by atoms with E-state index in [1.807, 2.05) is 0 Å². The van der Waals surface area contributed by atoms with E-state index in [4.69, 9.17) is 14.7 Å². The van der Waals surface area contributed by atoms with Crippen molar-refractivity contribution in [2.45, 2.75) is 84.5 Å². The number of ether oxygens (including phenoxy) is 2. The van der Waals surface area contributed by atoms with E-state index in [0.717, 1.165) is 43.7 Å². The summed E-state index contributed by atoms with van der Waals surface area (Å²) in [6, 6.07) is 4.36. The van der Waals surface area contributed by atoms with E-state index in [9.17, 15) is 22.4 Å². The van der Waals surface area contributed by atoms with Crippen molar-refractivity contribution in [1.29, 1.82) is 5.26 Å². The largest absolute Gasteiger partial charge is 0.493 e. The van der Waals surface area contributed by atoms with Crippen LogP contribution in [0, 0.1) is 57.8 Å². The second kappa shape index (κ2) is 13.1. The highest BCUT2D eigenvalue weighted by Crippen LogP contribution is 2.54. The molecule has 0 heterocycles. The Morgan fingerprint density at radius 3 is 2.08 bits per heavy atom. The van der Waals surface area contributed by atoms with E-state index in [1.165, 1.54) is 51.0 Å². The molecule has 0 aliphatic heterocycles. The van der Waals surface area contributed by atoms with Crippen LogP contribution in [0.1, 0.15) is 100 Å². The van der Waals surface area contributed by atoms with Crippen LogP contribution in [0.2, 0.25) is 0 Å². The lowest BCUT2D eigenvalue weighted by Crippen LogP contribution is -2.41. The van der Waals surface area contributed by atoms with Crippen LogP contribution in [0.3, 0.4) is 0 Å². The zero-order chi connectivity index (χ0) is 28.9. The van der Waals surface area contributed by atoms with Gasteiger partial charge in [-0.25, -0.2) is 22.4 Å². The van der Waals surface area contributed by atoms with Crippen molar-refractivity contribution in [1.82, 2.24) is 0 Å². The number of esters is 1. The van der Waals surface area contributed by atoms with Crippen LogP contribution in [-0.4, -0.2) is 12.6 Å². The van der Waals surface area contributed by atoms with Crippen molar-refractivity contribution >= 4 is 5.97 Å². The number of carbonyl (C=O) groups excluding carboxylic acids is 1. The summed E-state index contributed by atoms with van der Waals surface area (Å²) >= 11 is 0. The molecule has 0 spiro atoms.